The molecule has 110 valence electrons. The molecule has 0 atom stereocenters. The Kier molecular flexibility index (Phi) is 3.81. The van der Waals surface area contributed by atoms with Crippen LogP contribution in [0, 0.1) is 0 Å². The summed E-state index contributed by atoms with van der Waals surface area (Å²) in [6.07, 6.45) is 1.04. The van der Waals surface area contributed by atoms with E-state index in [1.165, 1.54) is 5.56 Å². The van der Waals surface area contributed by atoms with Crippen LogP contribution < -0.4 is 19.5 Å². The molecule has 0 fully saturated rings. The first kappa shape index (κ1) is 13.5. The number of rotatable bonds is 5. The molecule has 1 aliphatic heterocycles. The standard InChI is InChI=1S/C16H18N2O3/c1-19-14-6-5-13(9-15(14)20-2)21-10-12-4-3-11-7-8-17-16(11)18-12/h3-6,9H,7-8,10H2,1-2H3,(H,17,18). The van der Waals surface area contributed by atoms with Gasteiger partial charge < -0.3 is 19.5 Å². The van der Waals surface area contributed by atoms with E-state index in [1.54, 1.807) is 14.2 Å². The second kappa shape index (κ2) is 5.91. The van der Waals surface area contributed by atoms with E-state index < -0.39 is 0 Å². The molecule has 5 heteroatoms. The molecule has 5 nitrogen and oxygen atoms in total. The minimum atomic E-state index is 0.421. The van der Waals surface area contributed by atoms with Crippen molar-refractivity contribution in [3.05, 3.63) is 41.6 Å². The first-order valence-electron chi connectivity index (χ1n) is 6.87. The average molecular weight is 286 g/mol. The lowest BCUT2D eigenvalue weighted by Crippen LogP contribution is -2.01. The van der Waals surface area contributed by atoms with Crippen molar-refractivity contribution in [2.45, 2.75) is 13.0 Å². The number of fused-ring (bicyclic) bond motifs is 1. The highest BCUT2D eigenvalue weighted by molar-refractivity contribution is 5.49. The Morgan fingerprint density at radius 3 is 2.76 bits per heavy atom. The molecule has 2 heterocycles. The van der Waals surface area contributed by atoms with Crippen LogP contribution in [0.15, 0.2) is 30.3 Å². The van der Waals surface area contributed by atoms with Crippen molar-refractivity contribution in [1.82, 2.24) is 4.98 Å². The summed E-state index contributed by atoms with van der Waals surface area (Å²) < 4.78 is 16.2. The molecule has 1 aliphatic rings. The van der Waals surface area contributed by atoms with Gasteiger partial charge in [-0.05, 0) is 30.2 Å². The highest BCUT2D eigenvalue weighted by Crippen LogP contribution is 2.31. The molecule has 21 heavy (non-hydrogen) atoms. The fourth-order valence-corrected chi connectivity index (χ4v) is 2.34. The van der Waals surface area contributed by atoms with Gasteiger partial charge in [-0.25, -0.2) is 4.98 Å². The van der Waals surface area contributed by atoms with E-state index in [9.17, 15) is 0 Å². The molecule has 3 rings (SSSR count). The van der Waals surface area contributed by atoms with Gasteiger partial charge in [0.1, 0.15) is 18.2 Å². The van der Waals surface area contributed by atoms with Crippen LogP contribution in [0.4, 0.5) is 5.82 Å². The van der Waals surface area contributed by atoms with Crippen LogP contribution in [-0.2, 0) is 13.0 Å². The number of anilines is 1. The summed E-state index contributed by atoms with van der Waals surface area (Å²) in [5.41, 5.74) is 2.17. The third-order valence-electron chi connectivity index (χ3n) is 3.46. The normalized spacial score (nSPS) is 12.5. The molecule has 0 aliphatic carbocycles. The van der Waals surface area contributed by atoms with E-state index in [-0.39, 0.29) is 0 Å². The van der Waals surface area contributed by atoms with Crippen molar-refractivity contribution in [2.24, 2.45) is 0 Å². The van der Waals surface area contributed by atoms with Crippen molar-refractivity contribution >= 4 is 5.82 Å². The number of ether oxygens (including phenoxy) is 3. The summed E-state index contributed by atoms with van der Waals surface area (Å²) in [5.74, 6) is 3.04. The highest BCUT2D eigenvalue weighted by atomic mass is 16.5. The van der Waals surface area contributed by atoms with Gasteiger partial charge in [0.2, 0.25) is 0 Å². The van der Waals surface area contributed by atoms with Crippen molar-refractivity contribution in [2.75, 3.05) is 26.1 Å². The van der Waals surface area contributed by atoms with Crippen molar-refractivity contribution in [1.29, 1.82) is 0 Å². The number of benzene rings is 1. The number of nitrogens with one attached hydrogen (secondary N) is 1. The summed E-state index contributed by atoms with van der Waals surface area (Å²) >= 11 is 0. The molecule has 1 aromatic heterocycles. The maximum Gasteiger partial charge on any atom is 0.164 e. The van der Waals surface area contributed by atoms with Gasteiger partial charge >= 0.3 is 0 Å². The van der Waals surface area contributed by atoms with Gasteiger partial charge in [0, 0.05) is 12.6 Å². The minimum Gasteiger partial charge on any atom is -0.493 e. The first-order valence-corrected chi connectivity index (χ1v) is 6.87. The van der Waals surface area contributed by atoms with Gasteiger partial charge in [-0.15, -0.1) is 0 Å². The lowest BCUT2D eigenvalue weighted by molar-refractivity contribution is 0.296. The highest BCUT2D eigenvalue weighted by Gasteiger charge is 2.12. The quantitative estimate of drug-likeness (QED) is 0.915. The Morgan fingerprint density at radius 2 is 1.95 bits per heavy atom. The second-order valence-electron chi connectivity index (χ2n) is 4.79. The molecule has 0 unspecified atom stereocenters. The average Bonchev–Trinajstić information content (AvgIpc) is 3.00. The predicted molar refractivity (Wildman–Crippen MR) is 80.3 cm³/mol. The van der Waals surface area contributed by atoms with Gasteiger partial charge in [-0.3, -0.25) is 0 Å². The maximum absolute atomic E-state index is 5.77. The van der Waals surface area contributed by atoms with Crippen LogP contribution in [-0.4, -0.2) is 25.7 Å². The summed E-state index contributed by atoms with van der Waals surface area (Å²) in [6, 6.07) is 9.60. The Labute approximate surface area is 123 Å². The fourth-order valence-electron chi connectivity index (χ4n) is 2.34. The van der Waals surface area contributed by atoms with E-state index in [4.69, 9.17) is 14.2 Å². The molecule has 0 amide bonds. The van der Waals surface area contributed by atoms with Gasteiger partial charge in [-0.1, -0.05) is 6.07 Å². The zero-order valence-corrected chi connectivity index (χ0v) is 12.2. The minimum absolute atomic E-state index is 0.421. The molecule has 0 saturated heterocycles. The SMILES string of the molecule is COc1ccc(OCc2ccc3c(n2)NCC3)cc1OC. The molecule has 2 aromatic rings. The number of hydrogen-bond acceptors (Lipinski definition) is 5. The first-order chi connectivity index (χ1) is 10.3. The topological polar surface area (TPSA) is 52.6 Å². The number of aromatic nitrogens is 1. The molecule has 0 bridgehead atoms. The molecule has 0 saturated carbocycles. The molecule has 0 radical (unpaired) electrons. The summed E-state index contributed by atoms with van der Waals surface area (Å²) in [6.45, 7) is 1.38. The fraction of sp³-hybridized carbons (Fsp3) is 0.312. The Hall–Kier alpha value is -2.43. The third kappa shape index (κ3) is 2.86. The Balaban J connectivity index is 1.70. The Bertz CT molecular complexity index is 643. The number of methoxy groups -OCH3 is 2. The number of hydrogen-bond donors (Lipinski definition) is 1. The van der Waals surface area contributed by atoms with Crippen molar-refractivity contribution in [3.8, 4) is 17.2 Å². The van der Waals surface area contributed by atoms with E-state index in [1.807, 2.05) is 24.3 Å². The smallest absolute Gasteiger partial charge is 0.164 e. The monoisotopic (exact) mass is 286 g/mol. The van der Waals surface area contributed by atoms with Crippen LogP contribution in [0.5, 0.6) is 17.2 Å². The zero-order valence-electron chi connectivity index (χ0n) is 12.2. The number of nitrogens with zero attached hydrogens (tertiary/aromatic N) is 1. The molecule has 0 spiro atoms. The van der Waals surface area contributed by atoms with Crippen LogP contribution in [0.1, 0.15) is 11.3 Å². The van der Waals surface area contributed by atoms with Gasteiger partial charge in [0.05, 0.1) is 19.9 Å². The molecular formula is C16H18N2O3. The van der Waals surface area contributed by atoms with E-state index >= 15 is 0 Å². The Morgan fingerprint density at radius 1 is 1.10 bits per heavy atom. The van der Waals surface area contributed by atoms with Crippen molar-refractivity contribution < 1.29 is 14.2 Å². The van der Waals surface area contributed by atoms with Gasteiger partial charge in [-0.2, -0.15) is 0 Å². The lowest BCUT2D eigenvalue weighted by atomic mass is 10.2. The van der Waals surface area contributed by atoms with E-state index in [2.05, 4.69) is 16.4 Å². The summed E-state index contributed by atoms with van der Waals surface area (Å²) in [4.78, 5) is 4.55. The predicted octanol–water partition coefficient (Wildman–Crippen LogP) is 2.65. The molecular weight excluding hydrogens is 268 g/mol. The largest absolute Gasteiger partial charge is 0.493 e. The maximum atomic E-state index is 5.77. The van der Waals surface area contributed by atoms with E-state index in [0.29, 0.717) is 18.1 Å². The summed E-state index contributed by atoms with van der Waals surface area (Å²) in [7, 11) is 3.22. The van der Waals surface area contributed by atoms with Crippen LogP contribution in [0.3, 0.4) is 0 Å². The van der Waals surface area contributed by atoms with E-state index in [0.717, 1.165) is 30.2 Å². The van der Waals surface area contributed by atoms with Gasteiger partial charge in [0.25, 0.3) is 0 Å². The molecule has 1 aromatic carbocycles. The van der Waals surface area contributed by atoms with Crippen LogP contribution in [0.25, 0.3) is 0 Å². The van der Waals surface area contributed by atoms with Crippen molar-refractivity contribution in [3.63, 3.8) is 0 Å². The zero-order chi connectivity index (χ0) is 14.7. The summed E-state index contributed by atoms with van der Waals surface area (Å²) in [5, 5.41) is 3.27. The second-order valence-corrected chi connectivity index (χ2v) is 4.79. The molecule has 1 N–H and O–H groups in total. The van der Waals surface area contributed by atoms with Gasteiger partial charge in [0.15, 0.2) is 11.5 Å². The number of pyridine rings is 1. The van der Waals surface area contributed by atoms with Crippen LogP contribution >= 0.6 is 0 Å². The third-order valence-corrected chi connectivity index (χ3v) is 3.46. The lowest BCUT2D eigenvalue weighted by Gasteiger charge is -2.11. The van der Waals surface area contributed by atoms with Crippen LogP contribution in [0.2, 0.25) is 0 Å².